The fourth-order valence-electron chi connectivity index (χ4n) is 2.94. The van der Waals surface area contributed by atoms with E-state index in [1.54, 1.807) is 0 Å². The molecule has 1 aliphatic rings. The second kappa shape index (κ2) is 6.76. The van der Waals surface area contributed by atoms with Crippen LogP contribution in [-0.4, -0.2) is 41.0 Å². The quantitative estimate of drug-likeness (QED) is 0.871. The van der Waals surface area contributed by atoms with Gasteiger partial charge in [-0.2, -0.15) is 5.26 Å². The van der Waals surface area contributed by atoms with E-state index in [1.165, 1.54) is 5.56 Å². The fourth-order valence-corrected chi connectivity index (χ4v) is 2.94. The lowest BCUT2D eigenvalue weighted by Gasteiger charge is -2.35. The zero-order valence-electron chi connectivity index (χ0n) is 13.7. The molecule has 0 N–H and O–H groups in total. The summed E-state index contributed by atoms with van der Waals surface area (Å²) in [6.45, 7) is 8.88. The van der Waals surface area contributed by atoms with Gasteiger partial charge >= 0.3 is 0 Å². The zero-order valence-corrected chi connectivity index (χ0v) is 13.7. The standard InChI is InChI=1S/C18H21N5/c1-14-11-18(21-15(2)20-14)23-9-7-22(8-10-23)13-17-5-3-16(12-19)4-6-17/h3-6,11H,7-10,13H2,1-2H3. The summed E-state index contributed by atoms with van der Waals surface area (Å²) in [4.78, 5) is 13.7. The van der Waals surface area contributed by atoms with Gasteiger partial charge in [0.25, 0.3) is 0 Å². The number of nitriles is 1. The van der Waals surface area contributed by atoms with Crippen LogP contribution in [0.2, 0.25) is 0 Å². The van der Waals surface area contributed by atoms with E-state index in [0.717, 1.165) is 50.1 Å². The van der Waals surface area contributed by atoms with Crippen LogP contribution in [-0.2, 0) is 6.54 Å². The van der Waals surface area contributed by atoms with E-state index >= 15 is 0 Å². The van der Waals surface area contributed by atoms with Crippen LogP contribution in [0.15, 0.2) is 30.3 Å². The van der Waals surface area contributed by atoms with Crippen molar-refractivity contribution in [1.29, 1.82) is 5.26 Å². The molecule has 1 aromatic heterocycles. The van der Waals surface area contributed by atoms with Crippen molar-refractivity contribution in [1.82, 2.24) is 14.9 Å². The Morgan fingerprint density at radius 2 is 1.74 bits per heavy atom. The molecule has 0 spiro atoms. The van der Waals surface area contributed by atoms with E-state index in [-0.39, 0.29) is 0 Å². The summed E-state index contributed by atoms with van der Waals surface area (Å²) in [7, 11) is 0. The molecule has 0 unspecified atom stereocenters. The Morgan fingerprint density at radius 3 is 2.35 bits per heavy atom. The first-order valence-electron chi connectivity index (χ1n) is 7.93. The molecular formula is C18H21N5. The molecule has 2 heterocycles. The molecular weight excluding hydrogens is 286 g/mol. The summed E-state index contributed by atoms with van der Waals surface area (Å²) < 4.78 is 0. The first-order valence-corrected chi connectivity index (χ1v) is 7.93. The van der Waals surface area contributed by atoms with Gasteiger partial charge in [0.1, 0.15) is 11.6 Å². The first kappa shape index (κ1) is 15.4. The van der Waals surface area contributed by atoms with Crippen molar-refractivity contribution in [3.63, 3.8) is 0 Å². The van der Waals surface area contributed by atoms with Crippen molar-refractivity contribution in [2.45, 2.75) is 20.4 Å². The molecule has 1 aliphatic heterocycles. The molecule has 118 valence electrons. The van der Waals surface area contributed by atoms with E-state index in [0.29, 0.717) is 5.56 Å². The number of nitrogens with zero attached hydrogens (tertiary/aromatic N) is 5. The normalized spacial score (nSPS) is 15.4. The molecule has 0 bridgehead atoms. The Balaban J connectivity index is 1.58. The van der Waals surface area contributed by atoms with Gasteiger partial charge in [0.2, 0.25) is 0 Å². The highest BCUT2D eigenvalue weighted by atomic mass is 15.3. The third-order valence-corrected chi connectivity index (χ3v) is 4.14. The van der Waals surface area contributed by atoms with Crippen molar-refractivity contribution < 1.29 is 0 Å². The van der Waals surface area contributed by atoms with E-state index in [2.05, 4.69) is 31.9 Å². The molecule has 0 atom stereocenters. The molecule has 23 heavy (non-hydrogen) atoms. The highest BCUT2D eigenvalue weighted by molar-refractivity contribution is 5.40. The number of aryl methyl sites for hydroxylation is 2. The van der Waals surface area contributed by atoms with Gasteiger partial charge in [0.15, 0.2) is 0 Å². The largest absolute Gasteiger partial charge is 0.354 e. The minimum absolute atomic E-state index is 0.716. The number of benzene rings is 1. The number of aromatic nitrogens is 2. The van der Waals surface area contributed by atoms with Crippen LogP contribution in [0, 0.1) is 25.2 Å². The Labute approximate surface area is 137 Å². The van der Waals surface area contributed by atoms with Crippen LogP contribution in [0.25, 0.3) is 0 Å². The highest BCUT2D eigenvalue weighted by Crippen LogP contribution is 2.16. The average Bonchev–Trinajstić information content (AvgIpc) is 2.55. The fraction of sp³-hybridized carbons (Fsp3) is 0.389. The molecule has 1 saturated heterocycles. The molecule has 2 aromatic rings. The van der Waals surface area contributed by atoms with Gasteiger partial charge in [-0.25, -0.2) is 9.97 Å². The summed E-state index contributed by atoms with van der Waals surface area (Å²) >= 11 is 0. The summed E-state index contributed by atoms with van der Waals surface area (Å²) in [5.41, 5.74) is 2.99. The van der Waals surface area contributed by atoms with Crippen molar-refractivity contribution >= 4 is 5.82 Å². The van der Waals surface area contributed by atoms with Gasteiger partial charge < -0.3 is 4.90 Å². The van der Waals surface area contributed by atoms with Crippen molar-refractivity contribution in [2.75, 3.05) is 31.1 Å². The van der Waals surface area contributed by atoms with Crippen molar-refractivity contribution in [3.8, 4) is 6.07 Å². The number of hydrogen-bond donors (Lipinski definition) is 0. The Hall–Kier alpha value is -2.45. The molecule has 1 fully saturated rings. The topological polar surface area (TPSA) is 56.0 Å². The third-order valence-electron chi connectivity index (χ3n) is 4.14. The molecule has 0 radical (unpaired) electrons. The molecule has 1 aromatic carbocycles. The van der Waals surface area contributed by atoms with Gasteiger partial charge in [-0.1, -0.05) is 12.1 Å². The molecule has 0 saturated carbocycles. The maximum atomic E-state index is 8.85. The summed E-state index contributed by atoms with van der Waals surface area (Å²) in [5, 5.41) is 8.85. The van der Waals surface area contributed by atoms with Crippen LogP contribution in [0.3, 0.4) is 0 Å². The van der Waals surface area contributed by atoms with Gasteiger partial charge in [-0.3, -0.25) is 4.90 Å². The lowest BCUT2D eigenvalue weighted by atomic mass is 10.1. The molecule has 0 aliphatic carbocycles. The van der Waals surface area contributed by atoms with Crippen LogP contribution < -0.4 is 4.90 Å². The minimum atomic E-state index is 0.716. The van der Waals surface area contributed by atoms with Crippen molar-refractivity contribution in [3.05, 3.63) is 53.0 Å². The number of rotatable bonds is 3. The van der Waals surface area contributed by atoms with Gasteiger partial charge in [0.05, 0.1) is 11.6 Å². The molecule has 0 amide bonds. The van der Waals surface area contributed by atoms with Crippen LogP contribution in [0.4, 0.5) is 5.82 Å². The number of anilines is 1. The molecule has 5 nitrogen and oxygen atoms in total. The van der Waals surface area contributed by atoms with Gasteiger partial charge in [0, 0.05) is 44.5 Å². The smallest absolute Gasteiger partial charge is 0.132 e. The van der Waals surface area contributed by atoms with E-state index in [9.17, 15) is 0 Å². The monoisotopic (exact) mass is 307 g/mol. The SMILES string of the molecule is Cc1cc(N2CCN(Cc3ccc(C#N)cc3)CC2)nc(C)n1. The predicted molar refractivity (Wildman–Crippen MR) is 90.2 cm³/mol. The summed E-state index contributed by atoms with van der Waals surface area (Å²) in [6.07, 6.45) is 0. The second-order valence-electron chi connectivity index (χ2n) is 5.99. The molecule has 5 heteroatoms. The minimum Gasteiger partial charge on any atom is -0.354 e. The Bertz CT molecular complexity index is 689. The van der Waals surface area contributed by atoms with Gasteiger partial charge in [-0.05, 0) is 31.5 Å². The number of piperazine rings is 1. The van der Waals surface area contributed by atoms with E-state index in [4.69, 9.17) is 5.26 Å². The van der Waals surface area contributed by atoms with Gasteiger partial charge in [-0.15, -0.1) is 0 Å². The second-order valence-corrected chi connectivity index (χ2v) is 5.99. The molecule has 3 rings (SSSR count). The maximum absolute atomic E-state index is 8.85. The zero-order chi connectivity index (χ0) is 16.2. The average molecular weight is 307 g/mol. The summed E-state index contributed by atoms with van der Waals surface area (Å²) in [5.74, 6) is 1.87. The Kier molecular flexibility index (Phi) is 4.54. The highest BCUT2D eigenvalue weighted by Gasteiger charge is 2.18. The summed E-state index contributed by atoms with van der Waals surface area (Å²) in [6, 6.07) is 12.1. The van der Waals surface area contributed by atoms with Crippen LogP contribution in [0.1, 0.15) is 22.6 Å². The van der Waals surface area contributed by atoms with Crippen LogP contribution in [0.5, 0.6) is 0 Å². The first-order chi connectivity index (χ1) is 11.1. The van der Waals surface area contributed by atoms with Crippen molar-refractivity contribution in [2.24, 2.45) is 0 Å². The lowest BCUT2D eigenvalue weighted by molar-refractivity contribution is 0.249. The predicted octanol–water partition coefficient (Wildman–Crippen LogP) is 2.29. The lowest BCUT2D eigenvalue weighted by Crippen LogP contribution is -2.46. The maximum Gasteiger partial charge on any atom is 0.132 e. The van der Waals surface area contributed by atoms with Crippen LogP contribution >= 0.6 is 0 Å². The Morgan fingerprint density at radius 1 is 1.04 bits per heavy atom. The van der Waals surface area contributed by atoms with E-state index < -0.39 is 0 Å². The number of hydrogen-bond acceptors (Lipinski definition) is 5. The third kappa shape index (κ3) is 3.85. The van der Waals surface area contributed by atoms with E-state index in [1.807, 2.05) is 38.1 Å².